The third kappa shape index (κ3) is 6.74. The molecule has 1 aliphatic rings. The number of ketones is 1. The molecule has 4 aromatic rings. The van der Waals surface area contributed by atoms with Crippen molar-refractivity contribution >= 4 is 49.8 Å². The lowest BCUT2D eigenvalue weighted by molar-refractivity contribution is 0.104. The Labute approximate surface area is 242 Å². The Morgan fingerprint density at radius 2 is 1.46 bits per heavy atom. The number of allylic oxidation sites excluding steroid dienone is 2. The third-order valence-electron chi connectivity index (χ3n) is 6.04. The zero-order chi connectivity index (χ0) is 28.8. The lowest BCUT2D eigenvalue weighted by atomic mass is 9.94. The van der Waals surface area contributed by atoms with Gasteiger partial charge in [0.15, 0.2) is 0 Å². The second kappa shape index (κ2) is 12.2. The van der Waals surface area contributed by atoms with Gasteiger partial charge in [-0.2, -0.15) is 12.8 Å². The molecular formula is C31H25N5O3S2. The van der Waals surface area contributed by atoms with E-state index >= 15 is 0 Å². The fourth-order valence-corrected chi connectivity index (χ4v) is 6.06. The van der Waals surface area contributed by atoms with Gasteiger partial charge >= 0.3 is 0 Å². The number of Topliss-reactive ketones (excluding diaryl/α,β-unsaturated/α-hetero) is 1. The minimum Gasteiger partial charge on any atom is -0.288 e. The molecule has 1 aliphatic carbocycles. The molecule has 41 heavy (non-hydrogen) atoms. The molecule has 4 aromatic carbocycles. The zero-order valence-electron chi connectivity index (χ0n) is 22.2. The first-order chi connectivity index (χ1) is 19.8. The molecule has 0 aromatic heterocycles. The first-order valence-electron chi connectivity index (χ1n) is 12.6. The van der Waals surface area contributed by atoms with Gasteiger partial charge in [-0.15, -0.1) is 15.3 Å². The van der Waals surface area contributed by atoms with Crippen LogP contribution in [0.25, 0.3) is 0 Å². The fraction of sp³-hybridized carbons (Fsp3) is 0.0645. The van der Waals surface area contributed by atoms with E-state index in [-0.39, 0.29) is 26.5 Å². The number of rotatable bonds is 6. The number of carbonyl (C=O) groups is 1. The molecule has 0 aliphatic heterocycles. The highest BCUT2D eigenvalue weighted by atomic mass is 32.2. The summed E-state index contributed by atoms with van der Waals surface area (Å²) in [5.74, 6) is -0.295. The highest BCUT2D eigenvalue weighted by molar-refractivity contribution is 8.18. The van der Waals surface area contributed by atoms with Crippen molar-refractivity contribution in [2.24, 2.45) is 19.7 Å². The molecule has 0 unspecified atom stereocenters. The molecule has 1 N–H and O–H groups in total. The maximum Gasteiger partial charge on any atom is 0.283 e. The van der Waals surface area contributed by atoms with Crippen molar-refractivity contribution in [3.05, 3.63) is 136 Å². The Morgan fingerprint density at radius 3 is 2.20 bits per heavy atom. The molecule has 204 valence electrons. The van der Waals surface area contributed by atoms with Crippen molar-refractivity contribution in [1.29, 1.82) is 0 Å². The van der Waals surface area contributed by atoms with Gasteiger partial charge in [0.25, 0.3) is 10.0 Å². The quantitative estimate of drug-likeness (QED) is 0.110. The number of benzene rings is 4. The summed E-state index contributed by atoms with van der Waals surface area (Å²) in [6.07, 6.45) is 1.47. The van der Waals surface area contributed by atoms with Crippen molar-refractivity contribution in [2.45, 2.75) is 18.7 Å². The Balaban J connectivity index is 1.56. The van der Waals surface area contributed by atoms with Crippen LogP contribution in [0, 0.1) is 13.8 Å². The van der Waals surface area contributed by atoms with E-state index in [2.05, 4.69) is 25.2 Å². The highest BCUT2D eigenvalue weighted by Crippen LogP contribution is 2.32. The first kappa shape index (κ1) is 27.9. The Hall–Kier alpha value is -4.67. The van der Waals surface area contributed by atoms with Gasteiger partial charge in [-0.1, -0.05) is 72.8 Å². The number of aryl methyl sites for hydroxylation is 2. The molecule has 8 nitrogen and oxygen atoms in total. The van der Waals surface area contributed by atoms with Crippen LogP contribution in [-0.2, 0) is 10.0 Å². The van der Waals surface area contributed by atoms with Crippen LogP contribution < -0.4 is 5.43 Å². The van der Waals surface area contributed by atoms with Gasteiger partial charge in [-0.25, -0.2) is 0 Å². The van der Waals surface area contributed by atoms with Crippen molar-refractivity contribution in [1.82, 2.24) is 0 Å². The number of hydrogen-bond donors (Lipinski definition) is 1. The van der Waals surface area contributed by atoms with Gasteiger partial charge in [-0.05, 0) is 73.1 Å². The van der Waals surface area contributed by atoms with Crippen LogP contribution >= 0.6 is 11.8 Å². The van der Waals surface area contributed by atoms with Gasteiger partial charge in [0.1, 0.15) is 0 Å². The minimum absolute atomic E-state index is 0.118. The van der Waals surface area contributed by atoms with Crippen LogP contribution in [0.3, 0.4) is 0 Å². The van der Waals surface area contributed by atoms with E-state index in [1.165, 1.54) is 6.08 Å². The summed E-state index contributed by atoms with van der Waals surface area (Å²) in [5.41, 5.74) is 6.57. The standard InChI is InChI=1S/C31H25N5O3S2/c1-21-17-18-22(2)29(19-21)41(38,39)36-27-20-28(30(37)26-16-10-9-15-25(26)27)40-31(34-32-23-11-5-3-6-12-23)35-33-24-13-7-4-8-14-24/h3-20,32H,1-2H3/b34-31+,35-33?,36-27-. The Kier molecular flexibility index (Phi) is 8.32. The smallest absolute Gasteiger partial charge is 0.283 e. The average molecular weight is 580 g/mol. The number of hydrogen-bond acceptors (Lipinski definition) is 7. The van der Waals surface area contributed by atoms with Crippen LogP contribution in [0.5, 0.6) is 0 Å². The number of amidine groups is 1. The van der Waals surface area contributed by atoms with Gasteiger partial charge in [0.2, 0.25) is 11.0 Å². The number of thioether (sulfide) groups is 1. The number of fused-ring (bicyclic) bond motifs is 1. The number of nitrogens with one attached hydrogen (secondary N) is 1. The van der Waals surface area contributed by atoms with Gasteiger partial charge in [0, 0.05) is 11.1 Å². The molecule has 0 fully saturated rings. The van der Waals surface area contributed by atoms with Crippen molar-refractivity contribution in [2.75, 3.05) is 5.43 Å². The number of carbonyl (C=O) groups excluding carboxylic acids is 1. The maximum absolute atomic E-state index is 13.5. The third-order valence-corrected chi connectivity index (χ3v) is 8.35. The molecule has 0 atom stereocenters. The number of sulfonamides is 1. The number of hydrazone groups is 1. The van der Waals surface area contributed by atoms with E-state index in [1.54, 1.807) is 55.5 Å². The molecule has 0 heterocycles. The van der Waals surface area contributed by atoms with Crippen molar-refractivity contribution in [3.8, 4) is 0 Å². The molecule has 5 rings (SSSR count). The van der Waals surface area contributed by atoms with E-state index in [4.69, 9.17) is 0 Å². The summed E-state index contributed by atoms with van der Waals surface area (Å²) in [4.78, 5) is 13.9. The Morgan fingerprint density at radius 1 is 0.805 bits per heavy atom. The second-order valence-electron chi connectivity index (χ2n) is 9.11. The number of anilines is 1. The SMILES string of the molecule is Cc1ccc(C)c(S(=O)(=O)/N=C2/C=C(S/C(N=Nc3ccccc3)=N/Nc3ccccc3)C(=O)c3ccccc32)c1. The van der Waals surface area contributed by atoms with Crippen LogP contribution in [0.4, 0.5) is 11.4 Å². The zero-order valence-corrected chi connectivity index (χ0v) is 23.9. The van der Waals surface area contributed by atoms with Crippen LogP contribution in [0.15, 0.2) is 139 Å². The predicted octanol–water partition coefficient (Wildman–Crippen LogP) is 7.46. The fourth-order valence-electron chi connectivity index (χ4n) is 4.00. The highest BCUT2D eigenvalue weighted by Gasteiger charge is 2.28. The second-order valence-corrected chi connectivity index (χ2v) is 11.7. The lowest BCUT2D eigenvalue weighted by Gasteiger charge is -2.17. The average Bonchev–Trinajstić information content (AvgIpc) is 2.99. The maximum atomic E-state index is 13.5. The van der Waals surface area contributed by atoms with E-state index in [1.807, 2.05) is 61.5 Å². The predicted molar refractivity (Wildman–Crippen MR) is 165 cm³/mol. The van der Waals surface area contributed by atoms with E-state index < -0.39 is 10.0 Å². The Bertz CT molecular complexity index is 1830. The molecule has 0 bridgehead atoms. The summed E-state index contributed by atoms with van der Waals surface area (Å²) in [6.45, 7) is 3.55. The minimum atomic E-state index is -4.08. The van der Waals surface area contributed by atoms with Crippen LogP contribution in [0.2, 0.25) is 0 Å². The van der Waals surface area contributed by atoms with E-state index in [9.17, 15) is 13.2 Å². The number of nitrogens with zero attached hydrogens (tertiary/aromatic N) is 4. The summed E-state index contributed by atoms with van der Waals surface area (Å²) in [5, 5.41) is 13.1. The topological polar surface area (TPSA) is 113 Å². The summed E-state index contributed by atoms with van der Waals surface area (Å²) in [7, 11) is -4.08. The van der Waals surface area contributed by atoms with Gasteiger partial charge in [0.05, 0.1) is 26.9 Å². The van der Waals surface area contributed by atoms with Crippen molar-refractivity contribution < 1.29 is 13.2 Å². The summed E-state index contributed by atoms with van der Waals surface area (Å²) < 4.78 is 31.1. The molecule has 0 radical (unpaired) electrons. The largest absolute Gasteiger partial charge is 0.288 e. The molecular weight excluding hydrogens is 555 g/mol. The monoisotopic (exact) mass is 579 g/mol. The van der Waals surface area contributed by atoms with Gasteiger partial charge < -0.3 is 0 Å². The molecule has 0 amide bonds. The summed E-state index contributed by atoms with van der Waals surface area (Å²) in [6, 6.07) is 30.4. The molecule has 0 saturated carbocycles. The molecule has 0 saturated heterocycles. The van der Waals surface area contributed by atoms with Crippen LogP contribution in [0.1, 0.15) is 27.0 Å². The number of azo groups is 1. The van der Waals surface area contributed by atoms with Crippen LogP contribution in [-0.4, -0.2) is 25.1 Å². The first-order valence-corrected chi connectivity index (χ1v) is 14.9. The van der Waals surface area contributed by atoms with E-state index in [0.29, 0.717) is 22.4 Å². The lowest BCUT2D eigenvalue weighted by Crippen LogP contribution is -2.18. The summed E-state index contributed by atoms with van der Waals surface area (Å²) >= 11 is 0.970. The van der Waals surface area contributed by atoms with Gasteiger partial charge in [-0.3, -0.25) is 10.2 Å². The van der Waals surface area contributed by atoms with Crippen molar-refractivity contribution in [3.63, 3.8) is 0 Å². The normalized spacial score (nSPS) is 14.7. The number of para-hydroxylation sites is 1. The van der Waals surface area contributed by atoms with E-state index in [0.717, 1.165) is 23.0 Å². The molecule has 10 heteroatoms. The molecule has 0 spiro atoms.